The number of aromatic nitrogens is 2. The molecule has 0 bridgehead atoms. The number of carbonyl (C=O) groups is 1. The van der Waals surface area contributed by atoms with E-state index in [2.05, 4.69) is 9.97 Å². The molecule has 0 spiro atoms. The number of ketones is 1. The number of Topliss-reactive ketones (excluding diaryl/α,β-unsaturated/α-hetero) is 1. The van der Waals surface area contributed by atoms with Crippen LogP contribution in [0.3, 0.4) is 0 Å². The maximum absolute atomic E-state index is 12.1. The van der Waals surface area contributed by atoms with Gasteiger partial charge in [-0.1, -0.05) is 41.9 Å². The first-order valence-electron chi connectivity index (χ1n) is 6.82. The number of hydrogen-bond acceptors (Lipinski definition) is 2. The Balaban J connectivity index is 1.77. The Labute approximate surface area is 128 Å². The summed E-state index contributed by atoms with van der Waals surface area (Å²) in [6, 6.07) is 13.5. The lowest BCUT2D eigenvalue weighted by molar-refractivity contribution is -0.117. The Kier molecular flexibility index (Phi) is 3.76. The third kappa shape index (κ3) is 3.14. The summed E-state index contributed by atoms with van der Waals surface area (Å²) in [5, 5.41) is 0.691. The topological polar surface area (TPSA) is 45.8 Å². The largest absolute Gasteiger partial charge is 0.342 e. The highest BCUT2D eigenvalue weighted by Crippen LogP contribution is 2.22. The van der Waals surface area contributed by atoms with Gasteiger partial charge in [-0.25, -0.2) is 4.98 Å². The molecule has 0 aliphatic rings. The molecule has 1 aromatic heterocycles. The van der Waals surface area contributed by atoms with Crippen LogP contribution in [0, 0.1) is 6.92 Å². The van der Waals surface area contributed by atoms with Crippen molar-refractivity contribution in [3.05, 3.63) is 64.4 Å². The molecule has 0 fully saturated rings. The minimum Gasteiger partial charge on any atom is -0.342 e. The summed E-state index contributed by atoms with van der Waals surface area (Å²) in [5.41, 5.74) is 3.74. The SMILES string of the molecule is Cc1cc2[nH]c(CC(=O)Cc3ccccc3)nc2cc1Cl. The normalized spacial score (nSPS) is 11.0. The fourth-order valence-electron chi connectivity index (χ4n) is 2.35. The van der Waals surface area contributed by atoms with Gasteiger partial charge in [0.05, 0.1) is 17.5 Å². The second kappa shape index (κ2) is 5.70. The number of H-pyrrole nitrogens is 1. The highest BCUT2D eigenvalue weighted by Gasteiger charge is 2.10. The molecule has 3 nitrogen and oxygen atoms in total. The molecule has 0 atom stereocenters. The van der Waals surface area contributed by atoms with Crippen molar-refractivity contribution in [3.63, 3.8) is 0 Å². The van der Waals surface area contributed by atoms with Crippen LogP contribution in [0.25, 0.3) is 11.0 Å². The summed E-state index contributed by atoms with van der Waals surface area (Å²) in [6.07, 6.45) is 0.734. The molecule has 106 valence electrons. The first-order chi connectivity index (χ1) is 10.1. The van der Waals surface area contributed by atoms with E-state index in [0.717, 1.165) is 22.2 Å². The number of benzene rings is 2. The molecule has 0 saturated heterocycles. The summed E-state index contributed by atoms with van der Waals surface area (Å²) in [4.78, 5) is 19.7. The Morgan fingerprint density at radius 2 is 1.95 bits per heavy atom. The minimum absolute atomic E-state index is 0.142. The average Bonchev–Trinajstić information content (AvgIpc) is 2.81. The van der Waals surface area contributed by atoms with E-state index in [9.17, 15) is 4.79 Å². The van der Waals surface area contributed by atoms with Crippen LogP contribution in [-0.2, 0) is 17.6 Å². The van der Waals surface area contributed by atoms with Crippen LogP contribution in [-0.4, -0.2) is 15.8 Å². The van der Waals surface area contributed by atoms with Crippen molar-refractivity contribution in [2.45, 2.75) is 19.8 Å². The van der Waals surface area contributed by atoms with E-state index in [1.165, 1.54) is 0 Å². The lowest BCUT2D eigenvalue weighted by Gasteiger charge is -1.99. The van der Waals surface area contributed by atoms with Crippen LogP contribution in [0.4, 0.5) is 0 Å². The van der Waals surface area contributed by atoms with E-state index in [0.29, 0.717) is 23.7 Å². The average molecular weight is 299 g/mol. The van der Waals surface area contributed by atoms with E-state index in [-0.39, 0.29) is 5.78 Å². The third-order valence-corrected chi connectivity index (χ3v) is 3.83. The maximum atomic E-state index is 12.1. The number of carbonyl (C=O) groups excluding carboxylic acids is 1. The van der Waals surface area contributed by atoms with Crippen LogP contribution in [0.15, 0.2) is 42.5 Å². The standard InChI is InChI=1S/C17H15ClN2O/c1-11-7-15-16(10-14(11)18)20-17(19-15)9-13(21)8-12-5-3-2-4-6-12/h2-7,10H,8-9H2,1H3,(H,19,20). The molecule has 0 unspecified atom stereocenters. The second-order valence-corrected chi connectivity index (χ2v) is 5.59. The molecular weight excluding hydrogens is 284 g/mol. The van der Waals surface area contributed by atoms with Crippen molar-refractivity contribution < 1.29 is 4.79 Å². The van der Waals surface area contributed by atoms with Gasteiger partial charge >= 0.3 is 0 Å². The molecular formula is C17H15ClN2O. The Morgan fingerprint density at radius 3 is 2.71 bits per heavy atom. The minimum atomic E-state index is 0.142. The Hall–Kier alpha value is -2.13. The third-order valence-electron chi connectivity index (χ3n) is 3.42. The Bertz CT molecular complexity index is 754. The number of nitrogens with zero attached hydrogens (tertiary/aromatic N) is 1. The van der Waals surface area contributed by atoms with E-state index < -0.39 is 0 Å². The van der Waals surface area contributed by atoms with Gasteiger partial charge in [0.15, 0.2) is 0 Å². The van der Waals surface area contributed by atoms with E-state index in [4.69, 9.17) is 11.6 Å². The fraction of sp³-hybridized carbons (Fsp3) is 0.176. The molecule has 2 aromatic carbocycles. The number of aryl methyl sites for hydroxylation is 1. The fourth-order valence-corrected chi connectivity index (χ4v) is 2.51. The molecule has 1 heterocycles. The number of hydrogen-bond donors (Lipinski definition) is 1. The first kappa shape index (κ1) is 13.8. The van der Waals surface area contributed by atoms with Crippen molar-refractivity contribution in [3.8, 4) is 0 Å². The van der Waals surface area contributed by atoms with Crippen LogP contribution in [0.2, 0.25) is 5.02 Å². The number of halogens is 1. The van der Waals surface area contributed by atoms with Gasteiger partial charge in [-0.15, -0.1) is 0 Å². The van der Waals surface area contributed by atoms with Gasteiger partial charge in [0.25, 0.3) is 0 Å². The van der Waals surface area contributed by atoms with Crippen molar-refractivity contribution >= 4 is 28.4 Å². The van der Waals surface area contributed by atoms with Crippen molar-refractivity contribution in [2.24, 2.45) is 0 Å². The highest BCUT2D eigenvalue weighted by atomic mass is 35.5. The van der Waals surface area contributed by atoms with Gasteiger partial charge in [-0.05, 0) is 30.2 Å². The molecule has 3 aromatic rings. The lowest BCUT2D eigenvalue weighted by Crippen LogP contribution is -2.07. The number of aromatic amines is 1. The van der Waals surface area contributed by atoms with Crippen LogP contribution in [0.1, 0.15) is 17.0 Å². The predicted molar refractivity (Wildman–Crippen MR) is 84.7 cm³/mol. The van der Waals surface area contributed by atoms with Gasteiger partial charge in [0.2, 0.25) is 0 Å². The summed E-state index contributed by atoms with van der Waals surface area (Å²) in [6.45, 7) is 1.95. The monoisotopic (exact) mass is 298 g/mol. The molecule has 4 heteroatoms. The van der Waals surface area contributed by atoms with Gasteiger partial charge in [-0.2, -0.15) is 0 Å². The van der Waals surface area contributed by atoms with Gasteiger partial charge in [-0.3, -0.25) is 4.79 Å². The zero-order valence-corrected chi connectivity index (χ0v) is 12.4. The summed E-state index contributed by atoms with van der Waals surface area (Å²) in [5.74, 6) is 0.829. The molecule has 0 amide bonds. The molecule has 0 aliphatic heterocycles. The van der Waals surface area contributed by atoms with Crippen molar-refractivity contribution in [1.29, 1.82) is 0 Å². The zero-order chi connectivity index (χ0) is 14.8. The molecule has 3 rings (SSSR count). The lowest BCUT2D eigenvalue weighted by atomic mass is 10.1. The quantitative estimate of drug-likeness (QED) is 0.794. The number of rotatable bonds is 4. The zero-order valence-electron chi connectivity index (χ0n) is 11.7. The maximum Gasteiger partial charge on any atom is 0.144 e. The number of fused-ring (bicyclic) bond motifs is 1. The van der Waals surface area contributed by atoms with Gasteiger partial charge in [0, 0.05) is 11.4 Å². The molecule has 0 saturated carbocycles. The summed E-state index contributed by atoms with van der Waals surface area (Å²) >= 11 is 6.09. The molecule has 0 aliphatic carbocycles. The molecule has 0 radical (unpaired) electrons. The van der Waals surface area contributed by atoms with E-state index >= 15 is 0 Å². The Morgan fingerprint density at radius 1 is 1.19 bits per heavy atom. The highest BCUT2D eigenvalue weighted by molar-refractivity contribution is 6.32. The summed E-state index contributed by atoms with van der Waals surface area (Å²) < 4.78 is 0. The van der Waals surface area contributed by atoms with Crippen LogP contribution < -0.4 is 0 Å². The predicted octanol–water partition coefficient (Wildman–Crippen LogP) is 3.88. The first-order valence-corrected chi connectivity index (χ1v) is 7.20. The van der Waals surface area contributed by atoms with Gasteiger partial charge < -0.3 is 4.98 Å². The van der Waals surface area contributed by atoms with E-state index in [1.807, 2.05) is 49.4 Å². The van der Waals surface area contributed by atoms with Gasteiger partial charge in [0.1, 0.15) is 11.6 Å². The molecule has 1 N–H and O–H groups in total. The smallest absolute Gasteiger partial charge is 0.144 e. The molecule has 21 heavy (non-hydrogen) atoms. The number of nitrogens with one attached hydrogen (secondary N) is 1. The van der Waals surface area contributed by atoms with Crippen LogP contribution >= 0.6 is 11.6 Å². The van der Waals surface area contributed by atoms with Crippen molar-refractivity contribution in [2.75, 3.05) is 0 Å². The van der Waals surface area contributed by atoms with E-state index in [1.54, 1.807) is 0 Å². The second-order valence-electron chi connectivity index (χ2n) is 5.18. The number of imidazole rings is 1. The summed E-state index contributed by atoms with van der Waals surface area (Å²) in [7, 11) is 0. The van der Waals surface area contributed by atoms with Crippen molar-refractivity contribution in [1.82, 2.24) is 9.97 Å². The van der Waals surface area contributed by atoms with Crippen LogP contribution in [0.5, 0.6) is 0 Å².